The number of halogens is 6. The summed E-state index contributed by atoms with van der Waals surface area (Å²) in [4.78, 5) is 4.34. The first-order valence-electron chi connectivity index (χ1n) is 13.6. The van der Waals surface area contributed by atoms with Crippen molar-refractivity contribution < 1.29 is 17.6 Å². The van der Waals surface area contributed by atoms with Crippen molar-refractivity contribution in [2.24, 2.45) is 0 Å². The number of nitriles is 1. The van der Waals surface area contributed by atoms with Gasteiger partial charge in [-0.05, 0) is 74.0 Å². The molecule has 226 valence electrons. The van der Waals surface area contributed by atoms with E-state index in [0.717, 1.165) is 38.1 Å². The number of hydrogen-bond acceptors (Lipinski definition) is 8. The number of nitrogens with one attached hydrogen (secondary N) is 5. The summed E-state index contributed by atoms with van der Waals surface area (Å²) in [6.45, 7) is 1.69. The van der Waals surface area contributed by atoms with Gasteiger partial charge in [0.05, 0.1) is 38.6 Å². The van der Waals surface area contributed by atoms with Crippen molar-refractivity contribution in [3.63, 3.8) is 0 Å². The van der Waals surface area contributed by atoms with Crippen molar-refractivity contribution in [2.45, 2.75) is 24.9 Å². The molecule has 14 heteroatoms. The molecule has 0 amide bonds. The first-order chi connectivity index (χ1) is 21.2. The zero-order valence-corrected chi connectivity index (χ0v) is 24.3. The van der Waals surface area contributed by atoms with E-state index >= 15 is 0 Å². The lowest BCUT2D eigenvalue weighted by molar-refractivity contribution is 0.162. The first kappa shape index (κ1) is 29.8. The minimum absolute atomic E-state index is 0.105. The largest absolute Gasteiger partial charge is 0.373 e. The fourth-order valence-electron chi connectivity index (χ4n) is 5.30. The van der Waals surface area contributed by atoms with Crippen LogP contribution in [0, 0.1) is 34.6 Å². The molecule has 1 atom stereocenters. The van der Waals surface area contributed by atoms with Crippen LogP contribution < -0.4 is 26.9 Å². The number of piperidine rings is 1. The van der Waals surface area contributed by atoms with E-state index in [1.807, 2.05) is 5.01 Å². The Morgan fingerprint density at radius 1 is 0.955 bits per heavy atom. The summed E-state index contributed by atoms with van der Waals surface area (Å²) >= 11 is 12.6. The van der Waals surface area contributed by atoms with Crippen LogP contribution in [0.1, 0.15) is 30.0 Å². The Morgan fingerprint density at radius 2 is 1.68 bits per heavy atom. The Morgan fingerprint density at radius 3 is 2.39 bits per heavy atom. The van der Waals surface area contributed by atoms with Gasteiger partial charge in [0.25, 0.3) is 0 Å². The van der Waals surface area contributed by atoms with Gasteiger partial charge >= 0.3 is 0 Å². The van der Waals surface area contributed by atoms with Gasteiger partial charge in [-0.25, -0.2) is 17.6 Å². The number of nitrogens with zero attached hydrogens (tertiary/aromatic N) is 3. The van der Waals surface area contributed by atoms with E-state index < -0.39 is 29.3 Å². The monoisotopic (exact) mass is 642 g/mol. The third-order valence-electron chi connectivity index (χ3n) is 7.51. The van der Waals surface area contributed by atoms with Gasteiger partial charge in [-0.3, -0.25) is 9.99 Å². The van der Waals surface area contributed by atoms with Crippen molar-refractivity contribution in [1.29, 1.82) is 5.26 Å². The molecule has 1 saturated heterocycles. The predicted octanol–water partition coefficient (Wildman–Crippen LogP) is 6.78. The van der Waals surface area contributed by atoms with Crippen LogP contribution in [-0.2, 0) is 0 Å². The highest BCUT2D eigenvalue weighted by Crippen LogP contribution is 2.38. The molecule has 6 rings (SSSR count). The van der Waals surface area contributed by atoms with E-state index in [4.69, 9.17) is 23.2 Å². The Labute approximate surface area is 259 Å². The van der Waals surface area contributed by atoms with Crippen LogP contribution in [0.5, 0.6) is 0 Å². The molecule has 8 nitrogen and oxygen atoms in total. The molecule has 0 radical (unpaired) electrons. The zero-order chi connectivity index (χ0) is 31.0. The highest BCUT2D eigenvalue weighted by atomic mass is 35.5. The number of anilines is 3. The van der Waals surface area contributed by atoms with E-state index in [1.165, 1.54) is 24.4 Å². The minimum Gasteiger partial charge on any atom is -0.373 e. The maximum Gasteiger partial charge on any atom is 0.194 e. The highest BCUT2D eigenvalue weighted by molar-refractivity contribution is 6.36. The highest BCUT2D eigenvalue weighted by Gasteiger charge is 2.29. The average Bonchev–Trinajstić information content (AvgIpc) is 3.51. The molecule has 5 N–H and O–H groups in total. The summed E-state index contributed by atoms with van der Waals surface area (Å²) in [5, 5.41) is 21.9. The second-order valence-corrected chi connectivity index (χ2v) is 11.2. The van der Waals surface area contributed by atoms with Crippen LogP contribution in [0.3, 0.4) is 0 Å². The average molecular weight is 643 g/mol. The number of hydrogen-bond donors (Lipinski definition) is 5. The predicted molar refractivity (Wildman–Crippen MR) is 161 cm³/mol. The summed E-state index contributed by atoms with van der Waals surface area (Å²) in [6, 6.07) is 10.5. The van der Waals surface area contributed by atoms with Gasteiger partial charge < -0.3 is 21.4 Å². The normalized spacial score (nSPS) is 15.9. The Bertz CT molecular complexity index is 1800. The van der Waals surface area contributed by atoms with Gasteiger partial charge in [-0.1, -0.05) is 23.2 Å². The minimum atomic E-state index is -1.57. The molecule has 1 aromatic heterocycles. The summed E-state index contributed by atoms with van der Waals surface area (Å²) < 4.78 is 56.6. The molecule has 44 heavy (non-hydrogen) atoms. The summed E-state index contributed by atoms with van der Waals surface area (Å²) in [5.41, 5.74) is 8.46. The van der Waals surface area contributed by atoms with Gasteiger partial charge in [0.15, 0.2) is 17.5 Å². The molecule has 1 fully saturated rings. The number of aromatic nitrogens is 1. The fourth-order valence-corrected chi connectivity index (χ4v) is 5.75. The van der Waals surface area contributed by atoms with Gasteiger partial charge in [-0.2, -0.15) is 5.26 Å². The maximum atomic E-state index is 14.4. The molecule has 1 unspecified atom stereocenters. The van der Waals surface area contributed by atoms with Crippen LogP contribution >= 0.6 is 23.2 Å². The number of pyridine rings is 1. The lowest BCUT2D eigenvalue weighted by Gasteiger charge is -2.30. The Kier molecular flexibility index (Phi) is 8.38. The Balaban J connectivity index is 1.42. The molecule has 2 aliphatic rings. The van der Waals surface area contributed by atoms with E-state index in [9.17, 15) is 22.8 Å². The second kappa shape index (κ2) is 12.4. The van der Waals surface area contributed by atoms with E-state index in [-0.39, 0.29) is 27.2 Å². The molecule has 0 saturated carbocycles. The number of benzene rings is 3. The van der Waals surface area contributed by atoms with E-state index in [1.54, 1.807) is 18.3 Å². The molecule has 4 aromatic rings. The fraction of sp³-hybridized carbons (Fsp3) is 0.200. The topological polar surface area (TPSA) is 100 Å². The summed E-state index contributed by atoms with van der Waals surface area (Å²) in [6.07, 6.45) is 4.91. The third-order valence-corrected chi connectivity index (χ3v) is 8.08. The van der Waals surface area contributed by atoms with E-state index in [2.05, 4.69) is 38.0 Å². The van der Waals surface area contributed by atoms with Crippen LogP contribution in [0.25, 0.3) is 10.9 Å². The van der Waals surface area contributed by atoms with Crippen LogP contribution in [0.2, 0.25) is 10.0 Å². The SMILES string of the molecule is N#Cc1cnc2c(Cl)cc(NC(C3=CN(C4CCNCC4)NN3)c3cc(F)c(F)c(F)c3)cc2c1Nc1ccc(F)c(Cl)c1. The van der Waals surface area contributed by atoms with Crippen LogP contribution in [0.4, 0.5) is 34.6 Å². The van der Waals surface area contributed by atoms with Crippen molar-refractivity contribution in [2.75, 3.05) is 23.7 Å². The van der Waals surface area contributed by atoms with Crippen molar-refractivity contribution in [3.8, 4) is 6.07 Å². The quantitative estimate of drug-likeness (QED) is 0.111. The standard InChI is InChI=1S/C30H24Cl2F4N8/c31-21-10-17(1-2-23(21)33)40-28-16(12-37)13-39-30-20(28)9-18(11-22(30)32)41-29(15-7-24(34)27(36)25(35)8-15)26-14-44(43-42-26)19-3-5-38-6-4-19/h1-2,7-11,13-14,19,29,38,41-43H,3-6H2,(H,39,40). The lowest BCUT2D eigenvalue weighted by Crippen LogP contribution is -2.47. The first-order valence-corrected chi connectivity index (χ1v) is 14.3. The van der Waals surface area contributed by atoms with Gasteiger partial charge in [-0.15, -0.1) is 5.53 Å². The number of rotatable bonds is 7. The maximum absolute atomic E-state index is 14.4. The molecule has 0 bridgehead atoms. The second-order valence-electron chi connectivity index (χ2n) is 10.4. The lowest BCUT2D eigenvalue weighted by atomic mass is 10.0. The van der Waals surface area contributed by atoms with E-state index in [0.29, 0.717) is 33.7 Å². The number of hydrazine groups is 2. The van der Waals surface area contributed by atoms with Gasteiger partial charge in [0, 0.05) is 35.2 Å². The summed E-state index contributed by atoms with van der Waals surface area (Å²) in [5.74, 6) is -4.85. The molecule has 2 aliphatic heterocycles. The molecular formula is C30H24Cl2F4N8. The zero-order valence-electron chi connectivity index (χ0n) is 22.8. The molecule has 3 aromatic carbocycles. The Hall–Kier alpha value is -4.28. The van der Waals surface area contributed by atoms with Crippen molar-refractivity contribution in [3.05, 3.63) is 105 Å². The molecule has 0 spiro atoms. The van der Waals surface area contributed by atoms with Crippen molar-refractivity contribution in [1.82, 2.24) is 26.3 Å². The molecule has 0 aliphatic carbocycles. The van der Waals surface area contributed by atoms with Gasteiger partial charge in [0.1, 0.15) is 11.9 Å². The van der Waals surface area contributed by atoms with Crippen LogP contribution in [0.15, 0.2) is 60.6 Å². The molecular weight excluding hydrogens is 619 g/mol. The number of fused-ring (bicyclic) bond motifs is 1. The van der Waals surface area contributed by atoms with Crippen LogP contribution in [-0.4, -0.2) is 29.1 Å². The van der Waals surface area contributed by atoms with Gasteiger partial charge in [0.2, 0.25) is 0 Å². The molecule has 3 heterocycles. The summed E-state index contributed by atoms with van der Waals surface area (Å²) in [7, 11) is 0. The third kappa shape index (κ3) is 5.92. The van der Waals surface area contributed by atoms with Crippen molar-refractivity contribution >= 4 is 51.2 Å². The smallest absolute Gasteiger partial charge is 0.194 e.